The molecule has 5 heteroatoms. The van der Waals surface area contributed by atoms with Gasteiger partial charge in [-0.1, -0.05) is 19.4 Å². The predicted molar refractivity (Wildman–Crippen MR) is 77.8 cm³/mol. The highest BCUT2D eigenvalue weighted by Crippen LogP contribution is 2.12. The van der Waals surface area contributed by atoms with Gasteiger partial charge >= 0.3 is 11.9 Å². The van der Waals surface area contributed by atoms with Gasteiger partial charge in [0.2, 0.25) is 0 Å². The van der Waals surface area contributed by atoms with E-state index in [9.17, 15) is 9.59 Å². The number of aliphatic carboxylic acids is 1. The van der Waals surface area contributed by atoms with Crippen molar-refractivity contribution in [2.45, 2.75) is 45.6 Å². The van der Waals surface area contributed by atoms with E-state index in [1.165, 1.54) is 0 Å². The second-order valence-electron chi connectivity index (χ2n) is 4.90. The number of carbonyl (C=O) groups is 2. The third-order valence-electron chi connectivity index (χ3n) is 2.92. The van der Waals surface area contributed by atoms with Crippen LogP contribution in [-0.2, 0) is 19.1 Å². The van der Waals surface area contributed by atoms with Crippen molar-refractivity contribution in [1.82, 2.24) is 0 Å². The molecule has 0 aromatic rings. The highest BCUT2D eigenvalue weighted by atomic mass is 16.6. The van der Waals surface area contributed by atoms with E-state index < -0.39 is 5.97 Å². The van der Waals surface area contributed by atoms with Gasteiger partial charge < -0.3 is 14.6 Å². The van der Waals surface area contributed by atoms with Gasteiger partial charge in [0.25, 0.3) is 0 Å². The van der Waals surface area contributed by atoms with E-state index in [0.717, 1.165) is 6.42 Å². The van der Waals surface area contributed by atoms with Crippen LogP contribution >= 0.6 is 0 Å². The molecule has 116 valence electrons. The summed E-state index contributed by atoms with van der Waals surface area (Å²) in [6.45, 7) is 4.50. The largest absolute Gasteiger partial charge is 0.478 e. The zero-order valence-electron chi connectivity index (χ0n) is 12.6. The highest BCUT2D eigenvalue weighted by Gasteiger charge is 2.24. The molecule has 1 aliphatic heterocycles. The summed E-state index contributed by atoms with van der Waals surface area (Å²) in [5, 5.41) is 8.71. The van der Waals surface area contributed by atoms with Gasteiger partial charge in [-0.3, -0.25) is 0 Å². The van der Waals surface area contributed by atoms with Crippen LogP contribution in [0.25, 0.3) is 0 Å². The molecule has 0 radical (unpaired) electrons. The number of hydrogen-bond donors (Lipinski definition) is 1. The molecule has 1 heterocycles. The second kappa shape index (κ2) is 9.16. The first kappa shape index (κ1) is 17.2. The summed E-state index contributed by atoms with van der Waals surface area (Å²) in [6, 6.07) is 0. The number of epoxide rings is 1. The zero-order valence-corrected chi connectivity index (χ0v) is 12.6. The molecule has 0 saturated carbocycles. The van der Waals surface area contributed by atoms with Gasteiger partial charge in [-0.15, -0.1) is 5.73 Å². The van der Waals surface area contributed by atoms with E-state index in [0.29, 0.717) is 43.6 Å². The third-order valence-corrected chi connectivity index (χ3v) is 2.92. The molecular formula is C16H22O5. The molecule has 0 aromatic heterocycles. The number of allylic oxidation sites excluding steroid dienone is 1. The van der Waals surface area contributed by atoms with Gasteiger partial charge in [-0.05, 0) is 32.3 Å². The fourth-order valence-corrected chi connectivity index (χ4v) is 1.57. The fourth-order valence-electron chi connectivity index (χ4n) is 1.57. The number of hydrogen-bond acceptors (Lipinski definition) is 4. The summed E-state index contributed by atoms with van der Waals surface area (Å²) >= 11 is 0. The first-order chi connectivity index (χ1) is 10.0. The second-order valence-corrected chi connectivity index (χ2v) is 4.90. The minimum atomic E-state index is -0.910. The van der Waals surface area contributed by atoms with Crippen molar-refractivity contribution in [3.05, 3.63) is 29.0 Å². The predicted octanol–water partition coefficient (Wildman–Crippen LogP) is 2.62. The van der Waals surface area contributed by atoms with Crippen LogP contribution in [0.1, 0.15) is 39.5 Å². The minimum absolute atomic E-state index is 0.0601. The zero-order chi connectivity index (χ0) is 15.7. The van der Waals surface area contributed by atoms with Crippen molar-refractivity contribution >= 4 is 11.9 Å². The number of carboxylic acids is 1. The topological polar surface area (TPSA) is 76.1 Å². The molecule has 1 aliphatic rings. The van der Waals surface area contributed by atoms with Gasteiger partial charge in [0, 0.05) is 5.57 Å². The summed E-state index contributed by atoms with van der Waals surface area (Å²) in [5.41, 5.74) is 3.82. The van der Waals surface area contributed by atoms with Crippen LogP contribution in [0.15, 0.2) is 29.0 Å². The van der Waals surface area contributed by atoms with Crippen LogP contribution in [0.5, 0.6) is 0 Å². The van der Waals surface area contributed by atoms with Crippen molar-refractivity contribution in [3.63, 3.8) is 0 Å². The molecule has 1 saturated heterocycles. The molecule has 0 bridgehead atoms. The van der Waals surface area contributed by atoms with Gasteiger partial charge in [0.05, 0.1) is 12.2 Å². The van der Waals surface area contributed by atoms with E-state index in [1.807, 2.05) is 6.92 Å². The van der Waals surface area contributed by atoms with Crippen molar-refractivity contribution in [1.29, 1.82) is 0 Å². The number of ether oxygens (including phenoxy) is 2. The Labute approximate surface area is 124 Å². The summed E-state index contributed by atoms with van der Waals surface area (Å²) in [6.07, 6.45) is 6.17. The minimum Gasteiger partial charge on any atom is -0.478 e. The first-order valence-corrected chi connectivity index (χ1v) is 7.17. The number of carboxylic acid groups (broad SMARTS) is 1. The summed E-state index contributed by atoms with van der Waals surface area (Å²) in [7, 11) is 0. The lowest BCUT2D eigenvalue weighted by Crippen LogP contribution is -2.11. The Hall–Kier alpha value is -1.84. The van der Waals surface area contributed by atoms with E-state index in [4.69, 9.17) is 14.6 Å². The third kappa shape index (κ3) is 7.49. The van der Waals surface area contributed by atoms with E-state index in [2.05, 4.69) is 5.73 Å². The molecule has 1 fully saturated rings. The normalized spacial score (nSPS) is 16.9. The summed E-state index contributed by atoms with van der Waals surface area (Å²) in [5.74, 6) is -1.26. The number of unbranched alkanes of at least 4 members (excludes halogenated alkanes) is 1. The van der Waals surface area contributed by atoms with Crippen LogP contribution in [-0.4, -0.2) is 36.4 Å². The van der Waals surface area contributed by atoms with Gasteiger partial charge in [0.15, 0.2) is 0 Å². The molecule has 1 rings (SSSR count). The molecule has 0 amide bonds. The van der Waals surface area contributed by atoms with Crippen molar-refractivity contribution in [2.75, 3.05) is 13.2 Å². The van der Waals surface area contributed by atoms with Crippen molar-refractivity contribution in [3.8, 4) is 0 Å². The summed E-state index contributed by atoms with van der Waals surface area (Å²) in [4.78, 5) is 22.4. The number of esters is 1. The fraction of sp³-hybridized carbons (Fsp3) is 0.562. The molecule has 1 atom stereocenters. The molecular weight excluding hydrogens is 272 g/mol. The maximum Gasteiger partial charge on any atom is 0.341 e. The monoisotopic (exact) mass is 294 g/mol. The van der Waals surface area contributed by atoms with Crippen LogP contribution < -0.4 is 0 Å². The molecule has 1 unspecified atom stereocenters. The quantitative estimate of drug-likeness (QED) is 0.232. The Balaban J connectivity index is 2.48. The van der Waals surface area contributed by atoms with E-state index in [1.54, 1.807) is 19.1 Å². The average Bonchev–Trinajstić information content (AvgIpc) is 3.27. The van der Waals surface area contributed by atoms with Gasteiger partial charge in [-0.25, -0.2) is 9.59 Å². The standard InChI is InChI=1S/C16H22O5/c1-3-7-13(16(19)21-11-14-10-20-14)9-6-4-5-8-12(2)15(17)18/h6,8,14H,3-5,7,10-11H2,1-2H3,(H,17,18). The highest BCUT2D eigenvalue weighted by molar-refractivity contribution is 5.88. The Morgan fingerprint density at radius 1 is 1.43 bits per heavy atom. The lowest BCUT2D eigenvalue weighted by Gasteiger charge is -2.03. The van der Waals surface area contributed by atoms with Gasteiger partial charge in [0.1, 0.15) is 12.7 Å². The van der Waals surface area contributed by atoms with E-state index >= 15 is 0 Å². The molecule has 5 nitrogen and oxygen atoms in total. The number of rotatable bonds is 9. The molecule has 0 aliphatic carbocycles. The average molecular weight is 294 g/mol. The van der Waals surface area contributed by atoms with Crippen LogP contribution in [0.2, 0.25) is 0 Å². The lowest BCUT2D eigenvalue weighted by atomic mass is 10.1. The molecule has 0 spiro atoms. The van der Waals surface area contributed by atoms with Crippen molar-refractivity contribution in [2.24, 2.45) is 0 Å². The maximum absolute atomic E-state index is 11.8. The number of carbonyl (C=O) groups excluding carboxylic acids is 1. The van der Waals surface area contributed by atoms with Crippen molar-refractivity contribution < 1.29 is 24.2 Å². The van der Waals surface area contributed by atoms with Crippen LogP contribution in [0.4, 0.5) is 0 Å². The first-order valence-electron chi connectivity index (χ1n) is 7.17. The Morgan fingerprint density at radius 3 is 2.71 bits per heavy atom. The Bertz CT molecular complexity index is 465. The van der Waals surface area contributed by atoms with Crippen LogP contribution in [0, 0.1) is 0 Å². The molecule has 0 aromatic carbocycles. The Morgan fingerprint density at radius 2 is 2.14 bits per heavy atom. The van der Waals surface area contributed by atoms with Gasteiger partial charge in [-0.2, -0.15) is 0 Å². The lowest BCUT2D eigenvalue weighted by molar-refractivity contribution is -0.139. The summed E-state index contributed by atoms with van der Waals surface area (Å²) < 4.78 is 10.1. The molecule has 1 N–H and O–H groups in total. The van der Waals surface area contributed by atoms with E-state index in [-0.39, 0.29) is 12.1 Å². The SMILES string of the molecule is CCCC(=C=CCCC=C(C)C(=O)O)C(=O)OCC1CO1. The Kier molecular flexibility index (Phi) is 7.51. The maximum atomic E-state index is 11.8. The van der Waals surface area contributed by atoms with Crippen LogP contribution in [0.3, 0.4) is 0 Å². The smallest absolute Gasteiger partial charge is 0.341 e. The molecule has 21 heavy (non-hydrogen) atoms.